The highest BCUT2D eigenvalue weighted by Gasteiger charge is 2.30. The molecule has 0 unspecified atom stereocenters. The highest BCUT2D eigenvalue weighted by atomic mass is 35.5. The minimum atomic E-state index is -0.232. The number of piperazine rings is 1. The summed E-state index contributed by atoms with van der Waals surface area (Å²) in [6.45, 7) is 6.84. The number of aryl methyl sites for hydroxylation is 1. The molecule has 0 spiro atoms. The maximum absolute atomic E-state index is 14.5. The fraction of sp³-hybridized carbons (Fsp3) is 0.310. The van der Waals surface area contributed by atoms with Gasteiger partial charge in [-0.25, -0.2) is 9.37 Å². The lowest BCUT2D eigenvalue weighted by Gasteiger charge is -2.28. The Bertz CT molecular complexity index is 1370. The zero-order chi connectivity index (χ0) is 24.4. The van der Waals surface area contributed by atoms with Gasteiger partial charge in [0.1, 0.15) is 11.5 Å². The summed E-state index contributed by atoms with van der Waals surface area (Å²) in [7, 11) is 0. The first kappa shape index (κ1) is 28.6. The average Bonchev–Trinajstić information content (AvgIpc) is 3.22. The molecule has 3 heterocycles. The molecule has 2 aromatic heterocycles. The van der Waals surface area contributed by atoms with Gasteiger partial charge in [-0.3, -0.25) is 9.36 Å². The highest BCUT2D eigenvalue weighted by molar-refractivity contribution is 6.09. The molecule has 1 N–H and O–H groups in total. The van der Waals surface area contributed by atoms with Gasteiger partial charge in [-0.15, -0.1) is 24.8 Å². The number of para-hydroxylation sites is 1. The van der Waals surface area contributed by atoms with Crippen molar-refractivity contribution in [3.63, 3.8) is 0 Å². The van der Waals surface area contributed by atoms with Crippen molar-refractivity contribution in [3.8, 4) is 5.69 Å². The fourth-order valence-corrected chi connectivity index (χ4v) is 5.10. The summed E-state index contributed by atoms with van der Waals surface area (Å²) in [6.07, 6.45) is 4.10. The number of aromatic nitrogens is 2. The number of pyridine rings is 1. The van der Waals surface area contributed by atoms with Crippen molar-refractivity contribution in [2.75, 3.05) is 26.2 Å². The van der Waals surface area contributed by atoms with Gasteiger partial charge in [0, 0.05) is 55.6 Å². The predicted molar refractivity (Wildman–Crippen MR) is 152 cm³/mol. The van der Waals surface area contributed by atoms with E-state index in [9.17, 15) is 9.18 Å². The second kappa shape index (κ2) is 12.5. The molecule has 1 aliphatic heterocycles. The Labute approximate surface area is 229 Å². The van der Waals surface area contributed by atoms with E-state index in [1.54, 1.807) is 13.0 Å². The lowest BCUT2D eigenvalue weighted by molar-refractivity contribution is 0.0736. The second-order valence-electron chi connectivity index (χ2n) is 9.15. The molecular weight excluding hydrogens is 510 g/mol. The molecule has 0 radical (unpaired) electrons. The van der Waals surface area contributed by atoms with Crippen LogP contribution in [-0.4, -0.2) is 46.5 Å². The first-order chi connectivity index (χ1) is 17.1. The lowest BCUT2D eigenvalue weighted by atomic mass is 9.97. The first-order valence-corrected chi connectivity index (χ1v) is 12.4. The van der Waals surface area contributed by atoms with Crippen molar-refractivity contribution in [1.29, 1.82) is 0 Å². The Morgan fingerprint density at radius 1 is 1.00 bits per heavy atom. The zero-order valence-corrected chi connectivity index (χ0v) is 22.8. The number of rotatable bonds is 6. The van der Waals surface area contributed by atoms with Crippen LogP contribution in [0.3, 0.4) is 0 Å². The normalized spacial score (nSPS) is 13.2. The van der Waals surface area contributed by atoms with Gasteiger partial charge in [0.05, 0.1) is 5.56 Å². The third kappa shape index (κ3) is 5.52. The van der Waals surface area contributed by atoms with E-state index in [1.807, 2.05) is 53.6 Å². The van der Waals surface area contributed by atoms with Crippen LogP contribution in [0, 0.1) is 12.7 Å². The predicted octanol–water partition coefficient (Wildman–Crippen LogP) is 5.91. The van der Waals surface area contributed by atoms with Crippen molar-refractivity contribution in [2.24, 2.45) is 0 Å². The number of nitrogens with zero attached hydrogens (tertiary/aromatic N) is 3. The molecule has 5 rings (SSSR count). The molecule has 1 fully saturated rings. The molecule has 0 atom stereocenters. The van der Waals surface area contributed by atoms with Crippen molar-refractivity contribution in [3.05, 3.63) is 94.6 Å². The van der Waals surface area contributed by atoms with Crippen LogP contribution in [0.15, 0.2) is 60.8 Å². The van der Waals surface area contributed by atoms with E-state index in [1.165, 1.54) is 6.07 Å². The average molecular weight is 544 g/mol. The minimum absolute atomic E-state index is 0. The standard InChI is InChI=1S/C29H31FN4O.2ClH/c1-3-8-21-13-14-32-28-26(21)27(29(35)33-17-15-31-16-18-33)25(34(28)23-10-5-4-6-11-23)19-22-9-7-12-24(30)20(22)2;;/h4-7,9-14,31H,3,8,15-19H2,1-2H3;2*1H. The van der Waals surface area contributed by atoms with Crippen LogP contribution in [0.1, 0.15) is 46.1 Å². The highest BCUT2D eigenvalue weighted by Crippen LogP contribution is 2.34. The Balaban J connectivity index is 0.00000190. The molecule has 8 heteroatoms. The van der Waals surface area contributed by atoms with E-state index in [0.717, 1.165) is 59.5 Å². The van der Waals surface area contributed by atoms with Crippen molar-refractivity contribution < 1.29 is 9.18 Å². The molecule has 4 aromatic rings. The van der Waals surface area contributed by atoms with Crippen LogP contribution in [0.25, 0.3) is 16.7 Å². The smallest absolute Gasteiger partial charge is 0.256 e. The topological polar surface area (TPSA) is 50.2 Å². The number of nitrogens with one attached hydrogen (secondary N) is 1. The van der Waals surface area contributed by atoms with Gasteiger partial charge in [-0.2, -0.15) is 0 Å². The first-order valence-electron chi connectivity index (χ1n) is 12.4. The van der Waals surface area contributed by atoms with E-state index >= 15 is 0 Å². The van der Waals surface area contributed by atoms with Crippen LogP contribution in [0.4, 0.5) is 4.39 Å². The zero-order valence-electron chi connectivity index (χ0n) is 21.2. The number of benzene rings is 2. The number of carbonyl (C=O) groups is 1. The Morgan fingerprint density at radius 2 is 1.73 bits per heavy atom. The second-order valence-corrected chi connectivity index (χ2v) is 9.15. The van der Waals surface area contributed by atoms with E-state index in [0.29, 0.717) is 30.6 Å². The summed E-state index contributed by atoms with van der Waals surface area (Å²) in [6, 6.07) is 17.2. The van der Waals surface area contributed by atoms with Crippen LogP contribution >= 0.6 is 24.8 Å². The number of fused-ring (bicyclic) bond motifs is 1. The van der Waals surface area contributed by atoms with Gasteiger partial charge in [0.2, 0.25) is 0 Å². The third-order valence-corrected chi connectivity index (χ3v) is 6.93. The quantitative estimate of drug-likeness (QED) is 0.329. The van der Waals surface area contributed by atoms with Gasteiger partial charge in [-0.05, 0) is 54.3 Å². The van der Waals surface area contributed by atoms with Crippen LogP contribution in [-0.2, 0) is 12.8 Å². The molecule has 2 aromatic carbocycles. The summed E-state index contributed by atoms with van der Waals surface area (Å²) < 4.78 is 16.6. The van der Waals surface area contributed by atoms with Gasteiger partial charge in [0.15, 0.2) is 0 Å². The molecule has 1 saturated heterocycles. The Morgan fingerprint density at radius 3 is 2.43 bits per heavy atom. The van der Waals surface area contributed by atoms with E-state index in [-0.39, 0.29) is 36.5 Å². The summed E-state index contributed by atoms with van der Waals surface area (Å²) in [4.78, 5) is 20.9. The molecule has 196 valence electrons. The third-order valence-electron chi connectivity index (χ3n) is 6.93. The molecule has 1 aliphatic rings. The number of hydrogen-bond acceptors (Lipinski definition) is 3. The van der Waals surface area contributed by atoms with Crippen LogP contribution in [0.5, 0.6) is 0 Å². The molecular formula is C29H33Cl2FN4O. The SMILES string of the molecule is CCCc1ccnc2c1c(C(=O)N1CCNCC1)c(Cc1cccc(F)c1C)n2-c1ccccc1.Cl.Cl. The van der Waals surface area contributed by atoms with Crippen molar-refractivity contribution in [2.45, 2.75) is 33.1 Å². The van der Waals surface area contributed by atoms with E-state index in [2.05, 4.69) is 16.8 Å². The lowest BCUT2D eigenvalue weighted by Crippen LogP contribution is -2.46. The molecule has 0 bridgehead atoms. The summed E-state index contributed by atoms with van der Waals surface area (Å²) >= 11 is 0. The maximum atomic E-state index is 14.5. The molecule has 0 saturated carbocycles. The van der Waals surface area contributed by atoms with Crippen LogP contribution in [0.2, 0.25) is 0 Å². The van der Waals surface area contributed by atoms with Crippen molar-refractivity contribution in [1.82, 2.24) is 19.8 Å². The Kier molecular flexibility index (Phi) is 9.71. The molecule has 37 heavy (non-hydrogen) atoms. The monoisotopic (exact) mass is 542 g/mol. The number of halogens is 3. The summed E-state index contributed by atoms with van der Waals surface area (Å²) in [5.41, 5.74) is 5.90. The van der Waals surface area contributed by atoms with Crippen molar-refractivity contribution >= 4 is 41.8 Å². The molecule has 1 amide bonds. The van der Waals surface area contributed by atoms with Gasteiger partial charge in [-0.1, -0.05) is 43.7 Å². The minimum Gasteiger partial charge on any atom is -0.336 e. The number of amides is 1. The summed E-state index contributed by atoms with van der Waals surface area (Å²) in [5.74, 6) is -0.203. The van der Waals surface area contributed by atoms with Gasteiger partial charge in [0.25, 0.3) is 5.91 Å². The van der Waals surface area contributed by atoms with E-state index < -0.39 is 0 Å². The Hall–Kier alpha value is -2.93. The number of hydrogen-bond donors (Lipinski definition) is 1. The summed E-state index contributed by atoms with van der Waals surface area (Å²) in [5, 5.41) is 4.26. The van der Waals surface area contributed by atoms with E-state index in [4.69, 9.17) is 4.98 Å². The molecule has 5 nitrogen and oxygen atoms in total. The maximum Gasteiger partial charge on any atom is 0.256 e. The largest absolute Gasteiger partial charge is 0.336 e. The van der Waals surface area contributed by atoms with Crippen LogP contribution < -0.4 is 5.32 Å². The molecule has 0 aliphatic carbocycles. The number of carbonyl (C=O) groups excluding carboxylic acids is 1. The fourth-order valence-electron chi connectivity index (χ4n) is 5.10. The van der Waals surface area contributed by atoms with Gasteiger partial charge < -0.3 is 10.2 Å². The van der Waals surface area contributed by atoms with Gasteiger partial charge >= 0.3 is 0 Å².